The summed E-state index contributed by atoms with van der Waals surface area (Å²) in [6, 6.07) is 121. The Morgan fingerprint density at radius 2 is 0.541 bits per heavy atom. The van der Waals surface area contributed by atoms with Crippen LogP contribution < -0.4 is 26.2 Å². The monoisotopic (exact) mass is 1430 g/mol. The first-order valence-electron chi connectivity index (χ1n) is 39.3. The van der Waals surface area contributed by atoms with Crippen molar-refractivity contribution in [1.82, 2.24) is 0 Å². The number of anilines is 6. The van der Waals surface area contributed by atoms with Gasteiger partial charge in [0.1, 0.15) is 22.3 Å². The largest absolute Gasteiger partial charge is 0.456 e. The van der Waals surface area contributed by atoms with Crippen LogP contribution in [0.15, 0.2) is 330 Å². The molecule has 19 rings (SSSR count). The van der Waals surface area contributed by atoms with Gasteiger partial charge in [0.05, 0.1) is 11.4 Å². The van der Waals surface area contributed by atoms with Gasteiger partial charge in [-0.1, -0.05) is 320 Å². The average molecular weight is 1430 g/mol. The zero-order valence-electron chi connectivity index (χ0n) is 65.4. The van der Waals surface area contributed by atoms with E-state index in [4.69, 9.17) is 8.83 Å². The topological polar surface area (TPSA) is 32.8 Å². The predicted octanol–water partition coefficient (Wildman–Crippen LogP) is 28.1. The number of nitrogens with zero attached hydrogens (tertiary/aromatic N) is 2. The second-order valence-corrected chi connectivity index (χ2v) is 34.8. The summed E-state index contributed by atoms with van der Waals surface area (Å²) in [4.78, 5) is 5.48. The summed E-state index contributed by atoms with van der Waals surface area (Å²) in [6.45, 7) is 28.1. The Morgan fingerprint density at radius 1 is 0.225 bits per heavy atom. The highest BCUT2D eigenvalue weighted by molar-refractivity contribution is 7.00. The third kappa shape index (κ3) is 11.9. The lowest BCUT2D eigenvalue weighted by Crippen LogP contribution is -2.61. The molecule has 0 spiro atoms. The van der Waals surface area contributed by atoms with Crippen LogP contribution in [-0.4, -0.2) is 6.71 Å². The van der Waals surface area contributed by atoms with Gasteiger partial charge in [0.25, 0.3) is 6.71 Å². The number of furan rings is 2. The van der Waals surface area contributed by atoms with E-state index in [1.54, 1.807) is 0 Å². The normalized spacial score (nSPS) is 13.0. The van der Waals surface area contributed by atoms with Crippen LogP contribution in [0.2, 0.25) is 0 Å². The van der Waals surface area contributed by atoms with E-state index < -0.39 is 0 Å². The van der Waals surface area contributed by atoms with Crippen molar-refractivity contribution in [2.75, 3.05) is 9.80 Å². The summed E-state index contributed by atoms with van der Waals surface area (Å²) < 4.78 is 14.0. The minimum absolute atomic E-state index is 0.147. The first kappa shape index (κ1) is 69.1. The van der Waals surface area contributed by atoms with E-state index >= 15 is 0 Å². The third-order valence-corrected chi connectivity index (χ3v) is 23.4. The fourth-order valence-corrected chi connectivity index (χ4v) is 17.5. The Kier molecular flexibility index (Phi) is 16.3. The van der Waals surface area contributed by atoms with Crippen molar-refractivity contribution < 1.29 is 8.83 Å². The van der Waals surface area contributed by atoms with E-state index in [2.05, 4.69) is 414 Å². The van der Waals surface area contributed by atoms with Gasteiger partial charge in [0.15, 0.2) is 0 Å². The van der Waals surface area contributed by atoms with Crippen LogP contribution in [0.5, 0.6) is 0 Å². The molecule has 0 bridgehead atoms. The molecule has 111 heavy (non-hydrogen) atoms. The highest BCUT2D eigenvalue weighted by atomic mass is 16.3. The highest BCUT2D eigenvalue weighted by Crippen LogP contribution is 2.58. The number of fused-ring (bicyclic) bond motifs is 10. The molecule has 4 heterocycles. The van der Waals surface area contributed by atoms with Crippen LogP contribution in [0.1, 0.15) is 105 Å². The van der Waals surface area contributed by atoms with Gasteiger partial charge in [0.2, 0.25) is 0 Å². The molecule has 0 saturated carbocycles. The summed E-state index contributed by atoms with van der Waals surface area (Å²) in [6.07, 6.45) is 0. The fraction of sp³-hybridized carbons (Fsp3) is 0.151. The Labute approximate surface area is 653 Å². The number of rotatable bonds is 10. The van der Waals surface area contributed by atoms with Crippen molar-refractivity contribution in [1.29, 1.82) is 0 Å². The van der Waals surface area contributed by atoms with Crippen molar-refractivity contribution in [2.45, 2.75) is 105 Å². The SMILES string of the molecule is CC(C)(C)c1cc(-c2ccccc2)cc(-c2ccc3c(c2)N(c2c(-c4ccccc4)cc(C(C)(C)C)cc2-c2ccccc2)c2cc(C(C)(C)C)cc4c2B3c2ccc(-c3cccc(-c5ccccc5)c3)cc2N4c2c(-c3cccc4oc5ccccc5c34)cc(C(C)(C)C)cc2-c2cccc3oc4ccccc4c23)c1. The number of para-hydroxylation sites is 2. The predicted molar refractivity (Wildman–Crippen MR) is 473 cm³/mol. The van der Waals surface area contributed by atoms with Crippen LogP contribution in [0.25, 0.3) is 133 Å². The van der Waals surface area contributed by atoms with Crippen molar-refractivity contribution in [3.8, 4) is 89.0 Å². The van der Waals surface area contributed by atoms with Crippen LogP contribution in [0.3, 0.4) is 0 Å². The first-order valence-corrected chi connectivity index (χ1v) is 39.3. The summed E-state index contributed by atoms with van der Waals surface area (Å²) >= 11 is 0. The minimum Gasteiger partial charge on any atom is -0.456 e. The van der Waals surface area contributed by atoms with Gasteiger partial charge in [-0.3, -0.25) is 0 Å². The molecule has 17 aromatic rings. The lowest BCUT2D eigenvalue weighted by atomic mass is 9.33. The van der Waals surface area contributed by atoms with Crippen LogP contribution >= 0.6 is 0 Å². The fourth-order valence-electron chi connectivity index (χ4n) is 17.5. The van der Waals surface area contributed by atoms with Crippen LogP contribution in [0.4, 0.5) is 34.1 Å². The maximum Gasteiger partial charge on any atom is 0.252 e. The molecule has 0 atom stereocenters. The number of benzene rings is 15. The van der Waals surface area contributed by atoms with Crippen molar-refractivity contribution in [3.63, 3.8) is 0 Å². The maximum atomic E-state index is 6.98. The second-order valence-electron chi connectivity index (χ2n) is 34.8. The molecule has 0 saturated heterocycles. The van der Waals surface area contributed by atoms with E-state index in [-0.39, 0.29) is 28.4 Å². The van der Waals surface area contributed by atoms with Gasteiger partial charge >= 0.3 is 0 Å². The van der Waals surface area contributed by atoms with E-state index in [1.165, 1.54) is 60.9 Å². The number of hydrogen-bond acceptors (Lipinski definition) is 4. The quantitative estimate of drug-likeness (QED) is 0.128. The molecule has 2 aliphatic heterocycles. The standard InChI is InChI=1S/C106H89BN2O2/c1-103(2,3)76-56-74(67-34-19-14-20-35-67)55-75(57-76)73-51-53-89-91(59-73)108(101-84(68-36-21-15-22-37-68)60-77(104(4,5)6)61-85(101)69-38-23-16-24-39-69)92-64-79(106(10,11)12)65-93-100(92)107(89)88-52-50-72(71-41-29-40-70(54-71)66-32-17-13-18-33-66)58-90(88)109(93)102-86(80-44-30-48-96-98(80)82-42-25-27-46-94(82)110-96)62-78(105(7,8)9)63-87(102)81-45-31-49-97-99(81)83-43-26-28-47-95(83)111-97/h13-65H,1-12H3. The van der Waals surface area contributed by atoms with E-state index in [0.29, 0.717) is 0 Å². The van der Waals surface area contributed by atoms with E-state index in [9.17, 15) is 0 Å². The lowest BCUT2D eigenvalue weighted by Gasteiger charge is -2.47. The Hall–Kier alpha value is -12.4. The molecule has 5 heteroatoms. The molecule has 0 N–H and O–H groups in total. The smallest absolute Gasteiger partial charge is 0.252 e. The van der Waals surface area contributed by atoms with Crippen molar-refractivity contribution >= 4 is 101 Å². The van der Waals surface area contributed by atoms with Gasteiger partial charge in [-0.05, 0) is 212 Å². The third-order valence-electron chi connectivity index (χ3n) is 23.4. The average Bonchev–Trinajstić information content (AvgIpc) is 1.32. The van der Waals surface area contributed by atoms with Crippen molar-refractivity contribution in [2.24, 2.45) is 0 Å². The Balaban J connectivity index is 1.01. The van der Waals surface area contributed by atoms with Gasteiger partial charge < -0.3 is 18.6 Å². The van der Waals surface area contributed by atoms with Gasteiger partial charge in [0, 0.05) is 66.5 Å². The molecule has 0 unspecified atom stereocenters. The lowest BCUT2D eigenvalue weighted by molar-refractivity contribution is 0.590. The Morgan fingerprint density at radius 3 is 0.991 bits per heavy atom. The molecular formula is C106H89BN2O2. The maximum absolute atomic E-state index is 6.98. The molecule has 0 amide bonds. The van der Waals surface area contributed by atoms with E-state index in [0.717, 1.165) is 145 Å². The summed E-state index contributed by atoms with van der Waals surface area (Å²) in [5.74, 6) is 0. The van der Waals surface area contributed by atoms with Crippen LogP contribution in [-0.2, 0) is 21.7 Å². The molecule has 0 aliphatic carbocycles. The first-order chi connectivity index (χ1) is 53.6. The molecule has 538 valence electrons. The molecular weight excluding hydrogens is 1340 g/mol. The highest BCUT2D eigenvalue weighted by Gasteiger charge is 2.47. The molecule has 0 radical (unpaired) electrons. The summed E-state index contributed by atoms with van der Waals surface area (Å²) in [7, 11) is 0. The van der Waals surface area contributed by atoms with Crippen molar-refractivity contribution in [3.05, 3.63) is 344 Å². The van der Waals surface area contributed by atoms with Crippen LogP contribution in [0, 0.1) is 0 Å². The number of hydrogen-bond donors (Lipinski definition) is 0. The molecule has 0 fully saturated rings. The summed E-state index contributed by atoms with van der Waals surface area (Å²) in [5.41, 5.74) is 35.9. The zero-order valence-corrected chi connectivity index (χ0v) is 65.4. The van der Waals surface area contributed by atoms with E-state index in [1.807, 2.05) is 0 Å². The molecule has 2 aliphatic rings. The molecule has 15 aromatic carbocycles. The molecule has 2 aromatic heterocycles. The minimum atomic E-state index is -0.382. The zero-order chi connectivity index (χ0) is 76.0. The summed E-state index contributed by atoms with van der Waals surface area (Å²) in [5, 5.41) is 4.29. The second kappa shape index (κ2) is 26.1. The van der Waals surface area contributed by atoms with Gasteiger partial charge in [-0.15, -0.1) is 0 Å². The molecule has 4 nitrogen and oxygen atoms in total. The van der Waals surface area contributed by atoms with Gasteiger partial charge in [-0.2, -0.15) is 0 Å². The van der Waals surface area contributed by atoms with Gasteiger partial charge in [-0.25, -0.2) is 0 Å². The Bertz CT molecular complexity index is 6360.